The van der Waals surface area contributed by atoms with E-state index in [2.05, 4.69) is 5.32 Å². The van der Waals surface area contributed by atoms with Gasteiger partial charge in [-0.05, 0) is 53.4 Å². The van der Waals surface area contributed by atoms with E-state index in [4.69, 9.17) is 4.74 Å². The molecule has 0 aromatic rings. The van der Waals surface area contributed by atoms with Crippen LogP contribution in [0.15, 0.2) is 0 Å². The molecule has 0 aromatic carbocycles. The van der Waals surface area contributed by atoms with Gasteiger partial charge in [0, 0.05) is 6.04 Å². The van der Waals surface area contributed by atoms with Crippen LogP contribution in [-0.2, 0) is 14.3 Å². The van der Waals surface area contributed by atoms with E-state index in [9.17, 15) is 19.5 Å². The molecule has 2 N–H and O–H groups in total. The Bertz CT molecular complexity index is 499. The predicted octanol–water partition coefficient (Wildman–Crippen LogP) is 1.51. The van der Waals surface area contributed by atoms with Gasteiger partial charge < -0.3 is 20.1 Å². The number of amides is 2. The first kappa shape index (κ1) is 16.6. The highest BCUT2D eigenvalue weighted by Crippen LogP contribution is 2.36. The summed E-state index contributed by atoms with van der Waals surface area (Å²) in [5.41, 5.74) is -1.77. The van der Waals surface area contributed by atoms with Gasteiger partial charge in [-0.2, -0.15) is 0 Å². The third-order valence-electron chi connectivity index (χ3n) is 4.25. The smallest absolute Gasteiger partial charge is 0.408 e. The maximum atomic E-state index is 12.7. The summed E-state index contributed by atoms with van der Waals surface area (Å²) < 4.78 is 5.20. The molecule has 0 radical (unpaired) electrons. The lowest BCUT2D eigenvalue weighted by Gasteiger charge is -2.43. The lowest BCUT2D eigenvalue weighted by atomic mass is 9.86. The Morgan fingerprint density at radius 3 is 2.50 bits per heavy atom. The van der Waals surface area contributed by atoms with Gasteiger partial charge in [0.15, 0.2) is 0 Å². The maximum absolute atomic E-state index is 12.7. The van der Waals surface area contributed by atoms with Crippen LogP contribution < -0.4 is 5.32 Å². The molecule has 0 aliphatic carbocycles. The molecule has 2 aliphatic heterocycles. The maximum Gasteiger partial charge on any atom is 0.408 e. The van der Waals surface area contributed by atoms with Crippen LogP contribution in [0.2, 0.25) is 0 Å². The van der Waals surface area contributed by atoms with Crippen LogP contribution in [0.25, 0.3) is 0 Å². The highest BCUT2D eigenvalue weighted by atomic mass is 16.6. The summed E-state index contributed by atoms with van der Waals surface area (Å²) in [4.78, 5) is 37.5. The number of nitrogens with zero attached hydrogens (tertiary/aromatic N) is 1. The fourth-order valence-electron chi connectivity index (χ4n) is 3.21. The molecule has 0 aromatic heterocycles. The number of carbonyl (C=O) groups is 3. The summed E-state index contributed by atoms with van der Waals surface area (Å²) in [6.45, 7) is 6.87. The molecule has 2 saturated heterocycles. The molecule has 124 valence electrons. The Morgan fingerprint density at radius 2 is 1.95 bits per heavy atom. The number of carbonyl (C=O) groups excluding carboxylic acids is 2. The quantitative estimate of drug-likeness (QED) is 0.805. The van der Waals surface area contributed by atoms with Crippen LogP contribution >= 0.6 is 0 Å². The first-order valence-electron chi connectivity index (χ1n) is 7.60. The first-order chi connectivity index (χ1) is 10.0. The Morgan fingerprint density at radius 1 is 1.32 bits per heavy atom. The largest absolute Gasteiger partial charge is 0.480 e. The SMILES string of the molecule is CC(C)(C)OC(=O)NC1(C)CCC2CCC(C(=O)O)N2C1=O. The Hall–Kier alpha value is -1.79. The number of ether oxygens (including phenoxy) is 1. The fraction of sp³-hybridized carbons (Fsp3) is 0.800. The highest BCUT2D eigenvalue weighted by Gasteiger charge is 2.51. The lowest BCUT2D eigenvalue weighted by molar-refractivity contribution is -0.155. The number of carboxylic acids is 1. The molecule has 3 atom stereocenters. The van der Waals surface area contributed by atoms with Gasteiger partial charge in [0.05, 0.1) is 0 Å². The molecule has 2 rings (SSSR count). The normalized spacial score (nSPS) is 31.6. The van der Waals surface area contributed by atoms with E-state index >= 15 is 0 Å². The van der Waals surface area contributed by atoms with E-state index in [0.717, 1.165) is 0 Å². The van der Waals surface area contributed by atoms with Crippen molar-refractivity contribution in [3.8, 4) is 0 Å². The van der Waals surface area contributed by atoms with Gasteiger partial charge in [-0.15, -0.1) is 0 Å². The van der Waals surface area contributed by atoms with Crippen LogP contribution in [0.5, 0.6) is 0 Å². The van der Waals surface area contributed by atoms with Gasteiger partial charge in [0.25, 0.3) is 0 Å². The minimum Gasteiger partial charge on any atom is -0.480 e. The molecule has 22 heavy (non-hydrogen) atoms. The van der Waals surface area contributed by atoms with E-state index in [1.807, 2.05) is 0 Å². The summed E-state index contributed by atoms with van der Waals surface area (Å²) in [5, 5.41) is 11.9. The summed E-state index contributed by atoms with van der Waals surface area (Å²) >= 11 is 0. The standard InChI is InChI=1S/C15H24N2O5/c1-14(2,3)22-13(21)16-15(4)8-7-9-5-6-10(11(18)19)17(9)12(15)20/h9-10H,5-8H2,1-4H3,(H,16,21)(H,18,19). The summed E-state index contributed by atoms with van der Waals surface area (Å²) in [5.74, 6) is -1.32. The van der Waals surface area contributed by atoms with Crippen molar-refractivity contribution in [2.75, 3.05) is 0 Å². The summed E-state index contributed by atoms with van der Waals surface area (Å²) in [6, 6.07) is -0.834. The van der Waals surface area contributed by atoms with E-state index in [1.165, 1.54) is 4.90 Å². The molecular formula is C15H24N2O5. The number of carboxylic acid groups (broad SMARTS) is 1. The van der Waals surface area contributed by atoms with E-state index < -0.39 is 29.2 Å². The number of aliphatic carboxylic acids is 1. The molecule has 0 bridgehead atoms. The Kier molecular flexibility index (Phi) is 4.10. The molecule has 7 heteroatoms. The summed E-state index contributed by atoms with van der Waals surface area (Å²) in [6.07, 6.45) is 1.67. The van der Waals surface area contributed by atoms with Gasteiger partial charge in [-0.25, -0.2) is 9.59 Å². The van der Waals surface area contributed by atoms with Crippen molar-refractivity contribution in [1.29, 1.82) is 0 Å². The van der Waals surface area contributed by atoms with Crippen LogP contribution in [-0.4, -0.2) is 51.2 Å². The first-order valence-corrected chi connectivity index (χ1v) is 7.60. The van der Waals surface area contributed by atoms with E-state index in [1.54, 1.807) is 27.7 Å². The fourth-order valence-corrected chi connectivity index (χ4v) is 3.21. The van der Waals surface area contributed by atoms with Crippen LogP contribution in [0.3, 0.4) is 0 Å². The van der Waals surface area contributed by atoms with Gasteiger partial charge >= 0.3 is 12.1 Å². The molecule has 2 heterocycles. The molecule has 2 amide bonds. The number of hydrogen-bond acceptors (Lipinski definition) is 4. The van der Waals surface area contributed by atoms with Crippen molar-refractivity contribution in [2.45, 2.75) is 76.6 Å². The Balaban J connectivity index is 2.13. The van der Waals surface area contributed by atoms with Gasteiger partial charge in [0.2, 0.25) is 5.91 Å². The number of fused-ring (bicyclic) bond motifs is 1. The minimum atomic E-state index is -1.11. The zero-order valence-corrected chi connectivity index (χ0v) is 13.5. The van der Waals surface area contributed by atoms with Crippen LogP contribution in [0.4, 0.5) is 4.79 Å². The molecule has 3 unspecified atom stereocenters. The summed E-state index contributed by atoms with van der Waals surface area (Å²) in [7, 11) is 0. The zero-order chi connectivity index (χ0) is 16.7. The third kappa shape index (κ3) is 3.18. The molecule has 0 spiro atoms. The molecule has 2 fully saturated rings. The molecule has 2 aliphatic rings. The third-order valence-corrected chi connectivity index (χ3v) is 4.25. The predicted molar refractivity (Wildman–Crippen MR) is 78.3 cm³/mol. The molecule has 7 nitrogen and oxygen atoms in total. The average molecular weight is 312 g/mol. The van der Waals surface area contributed by atoms with Crippen molar-refractivity contribution in [3.63, 3.8) is 0 Å². The second-order valence-corrected chi connectivity index (χ2v) is 7.30. The zero-order valence-electron chi connectivity index (χ0n) is 13.5. The van der Waals surface area contributed by atoms with Crippen LogP contribution in [0.1, 0.15) is 53.4 Å². The number of nitrogens with one attached hydrogen (secondary N) is 1. The van der Waals surface area contributed by atoms with Gasteiger partial charge in [0.1, 0.15) is 17.2 Å². The van der Waals surface area contributed by atoms with Crippen molar-refractivity contribution in [1.82, 2.24) is 10.2 Å². The highest BCUT2D eigenvalue weighted by molar-refractivity contribution is 5.93. The monoisotopic (exact) mass is 312 g/mol. The second-order valence-electron chi connectivity index (χ2n) is 7.30. The average Bonchev–Trinajstić information content (AvgIpc) is 2.76. The number of piperidine rings is 1. The molecular weight excluding hydrogens is 288 g/mol. The van der Waals surface area contributed by atoms with E-state index in [-0.39, 0.29) is 11.9 Å². The Labute approximate surface area is 130 Å². The number of alkyl carbamates (subject to hydrolysis) is 1. The number of rotatable bonds is 2. The van der Waals surface area contributed by atoms with Crippen molar-refractivity contribution in [3.05, 3.63) is 0 Å². The van der Waals surface area contributed by atoms with E-state index in [0.29, 0.717) is 25.7 Å². The van der Waals surface area contributed by atoms with Gasteiger partial charge in [-0.1, -0.05) is 0 Å². The second kappa shape index (κ2) is 5.44. The van der Waals surface area contributed by atoms with Crippen molar-refractivity contribution >= 4 is 18.0 Å². The van der Waals surface area contributed by atoms with Crippen molar-refractivity contribution < 1.29 is 24.2 Å². The van der Waals surface area contributed by atoms with Crippen LogP contribution in [0, 0.1) is 0 Å². The van der Waals surface area contributed by atoms with Crippen molar-refractivity contribution in [2.24, 2.45) is 0 Å². The van der Waals surface area contributed by atoms with Gasteiger partial charge in [-0.3, -0.25) is 4.79 Å². The minimum absolute atomic E-state index is 0.0397. The topological polar surface area (TPSA) is 95.9 Å². The molecule has 0 saturated carbocycles. The number of hydrogen-bond donors (Lipinski definition) is 2. The lowest BCUT2D eigenvalue weighted by Crippen LogP contribution is -2.64.